The van der Waals surface area contributed by atoms with E-state index in [2.05, 4.69) is 122 Å². The fourth-order valence-corrected chi connectivity index (χ4v) is 19.9. The fraction of sp³-hybridized carbons (Fsp3) is 0.358. The van der Waals surface area contributed by atoms with Crippen molar-refractivity contribution in [3.8, 4) is 56.9 Å². The van der Waals surface area contributed by atoms with E-state index >= 15 is 0 Å². The Morgan fingerprint density at radius 1 is 0.543 bits per heavy atom. The monoisotopic (exact) mass is 1620 g/mol. The molecule has 18 rings (SSSR count). The zero-order valence-electron chi connectivity index (χ0n) is 64.4. The van der Waals surface area contributed by atoms with Gasteiger partial charge in [-0.05, 0) is 176 Å². The van der Waals surface area contributed by atoms with Crippen LogP contribution in [0.25, 0.3) is 56.9 Å². The average Bonchev–Trinajstić information content (AvgIpc) is 1.53. The van der Waals surface area contributed by atoms with Crippen LogP contribution in [-0.2, 0) is 53.9 Å². The number of carbonyl (C=O) groups is 1. The van der Waals surface area contributed by atoms with Gasteiger partial charge in [-0.1, -0.05) is 59.7 Å². The summed E-state index contributed by atoms with van der Waals surface area (Å²) in [7, 11) is -6.89. The topological polar surface area (TPSA) is 364 Å². The molecule has 6 atom stereocenters. The molecule has 9 heterocycles. The van der Waals surface area contributed by atoms with Crippen LogP contribution in [0.3, 0.4) is 0 Å². The van der Waals surface area contributed by atoms with E-state index in [0.29, 0.717) is 41.8 Å². The van der Waals surface area contributed by atoms with Gasteiger partial charge in [-0.15, -0.1) is 20.4 Å². The first-order valence-electron chi connectivity index (χ1n) is 37.7. The number of sulfonamides is 2. The zero-order chi connectivity index (χ0) is 82.0. The van der Waals surface area contributed by atoms with E-state index in [-0.39, 0.29) is 92.6 Å². The number of nitrogens with zero attached hydrogens (tertiary/aromatic N) is 19. The third-order valence-corrected chi connectivity index (χ3v) is 27.2. The molecule has 0 radical (unpaired) electrons. The molecule has 3 fully saturated rings. The summed E-state index contributed by atoms with van der Waals surface area (Å²) in [5, 5.41) is 34.9. The summed E-state index contributed by atoms with van der Waals surface area (Å²) in [6.45, 7) is 16.3. The SMILES string of the molecule is CC(C)S(=O)(=O)Nc1ncc(-c2nccc([C@@]34CC[C@@H](c5cc(-c6c(F)cccc6F)nnc53)C4(C)C)n2)cn1.CC1(C)[C@H]2CC[C@]1(c1ccnc(-n3cnc(CCNS(C)(=O)=O)n3)n1)c1nnc(-c3c(F)cccc3F)cc12.CC1(C)[C@H]2CC[C@]1(c1cncc(-n3ccc(CCC(N)=O)n3)n1)c1nnc(-c3c(F)cccc3F)cc12. The van der Waals surface area contributed by atoms with Crippen molar-refractivity contribution in [1.29, 1.82) is 0 Å². The normalized spacial score (nSPS) is 21.2. The minimum atomic E-state index is -3.58. The van der Waals surface area contributed by atoms with Gasteiger partial charge in [-0.25, -0.2) is 92.5 Å². The zero-order valence-corrected chi connectivity index (χ0v) is 66.0. The summed E-state index contributed by atoms with van der Waals surface area (Å²) in [5.74, 6) is -2.44. The molecule has 6 aliphatic rings. The Morgan fingerprint density at radius 3 is 1.47 bits per heavy atom. The molecule has 3 saturated carbocycles. The maximum absolute atomic E-state index is 14.5. The number of aryl methyl sites for hydroxylation is 1. The maximum atomic E-state index is 14.5. The van der Waals surface area contributed by atoms with E-state index < -0.39 is 76.4 Å². The molecule has 1 amide bonds. The summed E-state index contributed by atoms with van der Waals surface area (Å²) in [6.07, 6.45) is 20.0. The molecule has 3 aromatic carbocycles. The van der Waals surface area contributed by atoms with Crippen LogP contribution in [0.1, 0.15) is 180 Å². The van der Waals surface area contributed by atoms with Gasteiger partial charge in [0.2, 0.25) is 31.9 Å². The Morgan fingerprint density at radius 2 is 1.01 bits per heavy atom. The molecule has 27 nitrogen and oxygen atoms in total. The summed E-state index contributed by atoms with van der Waals surface area (Å²) in [4.78, 5) is 51.7. The van der Waals surface area contributed by atoms with E-state index in [1.54, 1.807) is 67.7 Å². The van der Waals surface area contributed by atoms with Crippen molar-refractivity contribution in [1.82, 2.24) is 99.7 Å². The van der Waals surface area contributed by atoms with Crippen molar-refractivity contribution in [3.05, 3.63) is 238 Å². The minimum absolute atomic E-state index is 0.0333. The highest BCUT2D eigenvalue weighted by Gasteiger charge is 2.68. The lowest BCUT2D eigenvalue weighted by molar-refractivity contribution is -0.118. The van der Waals surface area contributed by atoms with Crippen molar-refractivity contribution in [2.24, 2.45) is 22.0 Å². The lowest BCUT2D eigenvalue weighted by atomic mass is 9.66. The molecule has 35 heteroatoms. The number of anilines is 1. The van der Waals surface area contributed by atoms with Crippen LogP contribution in [-0.4, -0.2) is 136 Å². The molecule has 6 bridgehead atoms. The Kier molecular flexibility index (Phi) is 19.5. The first kappa shape index (κ1) is 78.2. The quantitative estimate of drug-likeness (QED) is 0.0633. The maximum Gasteiger partial charge on any atom is 0.252 e. The average molecular weight is 1620 g/mol. The van der Waals surface area contributed by atoms with Gasteiger partial charge in [-0.3, -0.25) is 14.5 Å². The predicted octanol–water partition coefficient (Wildman–Crippen LogP) is 12.1. The predicted molar refractivity (Wildman–Crippen MR) is 413 cm³/mol. The van der Waals surface area contributed by atoms with Gasteiger partial charge in [0.05, 0.1) is 113 Å². The summed E-state index contributed by atoms with van der Waals surface area (Å²) < 4.78 is 142. The van der Waals surface area contributed by atoms with Gasteiger partial charge in [0.1, 0.15) is 41.2 Å². The molecular formula is C81H78F6N22O5S2. The second-order valence-electron chi connectivity index (χ2n) is 32.0. The van der Waals surface area contributed by atoms with Crippen molar-refractivity contribution >= 4 is 31.9 Å². The van der Waals surface area contributed by atoms with Crippen LogP contribution in [0.5, 0.6) is 0 Å². The fourth-order valence-electron chi connectivity index (χ4n) is 18.8. The van der Waals surface area contributed by atoms with Gasteiger partial charge in [-0.2, -0.15) is 25.1 Å². The van der Waals surface area contributed by atoms with Crippen LogP contribution in [0.4, 0.5) is 32.3 Å². The Hall–Kier alpha value is -11.7. The lowest BCUT2D eigenvalue weighted by Gasteiger charge is -2.37. The number of rotatable bonds is 19. The van der Waals surface area contributed by atoms with Gasteiger partial charge in [0.25, 0.3) is 5.95 Å². The van der Waals surface area contributed by atoms with E-state index in [4.69, 9.17) is 20.7 Å². The number of halogens is 6. The lowest BCUT2D eigenvalue weighted by Crippen LogP contribution is -2.38. The largest absolute Gasteiger partial charge is 0.370 e. The molecular weight excluding hydrogens is 1540 g/mol. The molecule has 0 aliphatic heterocycles. The summed E-state index contributed by atoms with van der Waals surface area (Å²) in [6, 6.07) is 22.2. The molecule has 12 aromatic rings. The Labute approximate surface area is 663 Å². The number of hydrogen-bond donors (Lipinski definition) is 3. The molecule has 9 aromatic heterocycles. The van der Waals surface area contributed by atoms with Crippen molar-refractivity contribution in [2.45, 2.75) is 152 Å². The number of benzene rings is 3. The van der Waals surface area contributed by atoms with Crippen molar-refractivity contribution < 1.29 is 48.0 Å². The van der Waals surface area contributed by atoms with Crippen LogP contribution in [0.15, 0.2) is 141 Å². The van der Waals surface area contributed by atoms with Crippen LogP contribution < -0.4 is 15.2 Å². The van der Waals surface area contributed by atoms with E-state index in [1.165, 1.54) is 78.0 Å². The molecule has 116 heavy (non-hydrogen) atoms. The van der Waals surface area contributed by atoms with Gasteiger partial charge >= 0.3 is 0 Å². The molecule has 0 unspecified atom stereocenters. The second kappa shape index (κ2) is 28.9. The number of nitrogens with one attached hydrogen (secondary N) is 2. The standard InChI is InChI=1S/C28H27F2N7O2S.C27H25F2N7O.C26H26F2N8O2S/c1-15(2)40(38,39)37-26-32-13-16(14-33-26)25-31-11-9-22(34-25)28-10-8-18(27(28,3)4)17-12-21(35-36-24(17)28)23-19(29)6-5-7-20(23)30;1-26(2)17-8-10-27(26,25-16(17)12-20(33-34-25)24-18(28)4-3-5-19(24)29)21-13-31-14-23(32-21)36-11-9-15(35-36)6-7-22(30)37;1-25(2)16-7-10-26(25,23-15(16)13-19(33-34-23)22-17(27)5-4-6-18(22)28)20-8-11-29-24(32-20)36-14-30-21(35-36)9-12-31-39(3,37)38/h5-7,9,11-15,18H,8,10H2,1-4H3,(H,32,33,37);3-5,9,11-14,17H,6-8,10H2,1-2H3,(H2,30,37);4-6,8,11,13-14,16,31H,7,9-10,12H2,1-3H3/t18-,28-;17-,27-;16-,26-/m000/s1. The van der Waals surface area contributed by atoms with E-state index in [9.17, 15) is 48.0 Å². The molecule has 0 spiro atoms. The number of nitrogens with two attached hydrogens (primary N) is 1. The number of amides is 1. The number of fused-ring (bicyclic) bond motifs is 15. The van der Waals surface area contributed by atoms with Crippen LogP contribution >= 0.6 is 0 Å². The van der Waals surface area contributed by atoms with Crippen molar-refractivity contribution in [2.75, 3.05) is 17.5 Å². The Balaban J connectivity index is 0.000000131. The summed E-state index contributed by atoms with van der Waals surface area (Å²) in [5.41, 5.74) is 11.3. The summed E-state index contributed by atoms with van der Waals surface area (Å²) >= 11 is 0. The highest BCUT2D eigenvalue weighted by molar-refractivity contribution is 7.93. The van der Waals surface area contributed by atoms with Crippen LogP contribution in [0.2, 0.25) is 0 Å². The number of aromatic nitrogens is 19. The number of carbonyl (C=O) groups excluding carboxylic acids is 1. The number of hydrogen-bond acceptors (Lipinski definition) is 22. The Bertz CT molecular complexity index is 6120. The first-order chi connectivity index (χ1) is 55.2. The molecule has 596 valence electrons. The van der Waals surface area contributed by atoms with Gasteiger partial charge < -0.3 is 5.73 Å². The molecule has 0 saturated heterocycles. The van der Waals surface area contributed by atoms with Crippen LogP contribution in [0, 0.1) is 51.1 Å². The third kappa shape index (κ3) is 12.9. The molecule has 6 aliphatic carbocycles. The second-order valence-corrected chi connectivity index (χ2v) is 36.1. The van der Waals surface area contributed by atoms with E-state index in [0.717, 1.165) is 101 Å². The van der Waals surface area contributed by atoms with Crippen molar-refractivity contribution in [3.63, 3.8) is 0 Å². The first-order valence-corrected chi connectivity index (χ1v) is 41.1. The van der Waals surface area contributed by atoms with Gasteiger partial charge in [0.15, 0.2) is 17.5 Å². The number of primary amides is 1. The third-order valence-electron chi connectivity index (χ3n) is 24.8. The minimum Gasteiger partial charge on any atom is -0.370 e. The van der Waals surface area contributed by atoms with Gasteiger partial charge in [0, 0.05) is 63.0 Å². The van der Waals surface area contributed by atoms with E-state index in [1.807, 2.05) is 18.2 Å². The molecule has 4 N–H and O–H groups in total. The highest BCUT2D eigenvalue weighted by atomic mass is 32.2. The highest BCUT2D eigenvalue weighted by Crippen LogP contribution is 2.72. The smallest absolute Gasteiger partial charge is 0.252 e.